The van der Waals surface area contributed by atoms with Crippen LogP contribution in [0.25, 0.3) is 0 Å². The Hall–Kier alpha value is -1.36. The normalized spacial score (nSPS) is 13.2. The van der Waals surface area contributed by atoms with E-state index in [0.29, 0.717) is 5.69 Å². The molecule has 1 aromatic carbocycles. The van der Waals surface area contributed by atoms with Crippen LogP contribution in [0, 0.1) is 0 Å². The fourth-order valence-electron chi connectivity index (χ4n) is 1.06. The van der Waals surface area contributed by atoms with Crippen molar-refractivity contribution in [3.63, 3.8) is 0 Å². The molecular formula is C9H12NO5P. The van der Waals surface area contributed by atoms with Gasteiger partial charge in [-0.15, -0.1) is 0 Å². The molecule has 0 aliphatic carbocycles. The number of carboxylic acid groups (broad SMARTS) is 1. The van der Waals surface area contributed by atoms with Crippen molar-refractivity contribution in [2.45, 2.75) is 13.0 Å². The minimum Gasteiger partial charge on any atom is -0.480 e. The molecule has 1 aromatic rings. The van der Waals surface area contributed by atoms with Gasteiger partial charge in [0.2, 0.25) is 0 Å². The topological polar surface area (TPSA) is 107 Å². The minimum atomic E-state index is -4.24. The Balaban J connectivity index is 2.80. The van der Waals surface area contributed by atoms with Gasteiger partial charge in [-0.2, -0.15) is 0 Å². The Morgan fingerprint density at radius 2 is 1.81 bits per heavy atom. The Bertz CT molecular complexity index is 424. The third-order valence-electron chi connectivity index (χ3n) is 1.96. The molecule has 1 rings (SSSR count). The summed E-state index contributed by atoms with van der Waals surface area (Å²) in [4.78, 5) is 28.2. The first-order valence-corrected chi connectivity index (χ1v) is 6.07. The van der Waals surface area contributed by atoms with Crippen LogP contribution in [0.3, 0.4) is 0 Å². The zero-order valence-electron chi connectivity index (χ0n) is 8.49. The van der Waals surface area contributed by atoms with Crippen LogP contribution >= 0.6 is 7.60 Å². The Kier molecular flexibility index (Phi) is 3.70. The molecule has 0 aliphatic heterocycles. The number of carbonyl (C=O) groups is 1. The first kappa shape index (κ1) is 12.7. The van der Waals surface area contributed by atoms with Gasteiger partial charge >= 0.3 is 13.6 Å². The lowest BCUT2D eigenvalue weighted by atomic mass is 10.2. The van der Waals surface area contributed by atoms with Crippen LogP contribution in [0.4, 0.5) is 5.69 Å². The van der Waals surface area contributed by atoms with Crippen molar-refractivity contribution < 1.29 is 24.3 Å². The molecule has 1 atom stereocenters. The monoisotopic (exact) mass is 245 g/mol. The van der Waals surface area contributed by atoms with E-state index in [2.05, 4.69) is 5.32 Å². The fraction of sp³-hybridized carbons (Fsp3) is 0.222. The second-order valence-corrected chi connectivity index (χ2v) is 4.90. The smallest absolute Gasteiger partial charge is 0.356 e. The number of benzene rings is 1. The average Bonchev–Trinajstić information content (AvgIpc) is 2.17. The zero-order chi connectivity index (χ0) is 12.3. The van der Waals surface area contributed by atoms with Crippen LogP contribution in [0.5, 0.6) is 0 Å². The number of anilines is 1. The van der Waals surface area contributed by atoms with Crippen molar-refractivity contribution in [3.05, 3.63) is 24.3 Å². The number of aliphatic carboxylic acids is 1. The Morgan fingerprint density at radius 3 is 2.19 bits per heavy atom. The summed E-state index contributed by atoms with van der Waals surface area (Å²) >= 11 is 0. The molecule has 0 fully saturated rings. The van der Waals surface area contributed by atoms with Crippen LogP contribution in [-0.2, 0) is 9.36 Å². The number of carboxylic acids is 1. The summed E-state index contributed by atoms with van der Waals surface area (Å²) in [5.74, 6) is -1.00. The SMILES string of the molecule is CC(Nc1ccc(P(=O)(O)O)cc1)C(=O)O. The van der Waals surface area contributed by atoms with Gasteiger partial charge in [-0.25, -0.2) is 0 Å². The Labute approximate surface area is 92.1 Å². The minimum absolute atomic E-state index is 0.0963. The molecule has 0 radical (unpaired) electrons. The third-order valence-corrected chi connectivity index (χ3v) is 2.93. The molecule has 0 heterocycles. The molecule has 0 aromatic heterocycles. The van der Waals surface area contributed by atoms with Crippen LogP contribution < -0.4 is 10.6 Å². The molecule has 4 N–H and O–H groups in total. The molecule has 0 spiro atoms. The van der Waals surface area contributed by atoms with Gasteiger partial charge in [0.05, 0.1) is 5.30 Å². The maximum Gasteiger partial charge on any atom is 0.356 e. The molecule has 0 aliphatic rings. The lowest BCUT2D eigenvalue weighted by molar-refractivity contribution is -0.137. The highest BCUT2D eigenvalue weighted by atomic mass is 31.2. The standard InChI is InChI=1S/C9H12NO5P/c1-6(9(11)12)10-7-2-4-8(5-3-7)16(13,14)15/h2-6,10H,1H3,(H,11,12)(H2,13,14,15). The quantitative estimate of drug-likeness (QED) is 0.571. The molecule has 16 heavy (non-hydrogen) atoms. The number of hydrogen-bond acceptors (Lipinski definition) is 3. The van der Waals surface area contributed by atoms with Crippen molar-refractivity contribution in [2.24, 2.45) is 0 Å². The molecule has 0 saturated heterocycles. The average molecular weight is 245 g/mol. The van der Waals surface area contributed by atoms with Gasteiger partial charge in [-0.1, -0.05) is 0 Å². The van der Waals surface area contributed by atoms with E-state index >= 15 is 0 Å². The predicted molar refractivity (Wildman–Crippen MR) is 58.8 cm³/mol. The van der Waals surface area contributed by atoms with Crippen molar-refractivity contribution in [2.75, 3.05) is 5.32 Å². The van der Waals surface area contributed by atoms with E-state index in [1.165, 1.54) is 31.2 Å². The molecular weight excluding hydrogens is 233 g/mol. The molecule has 7 heteroatoms. The van der Waals surface area contributed by atoms with Crippen molar-refractivity contribution in [3.8, 4) is 0 Å². The molecule has 6 nitrogen and oxygen atoms in total. The molecule has 1 unspecified atom stereocenters. The summed E-state index contributed by atoms with van der Waals surface area (Å²) in [6.45, 7) is 1.47. The summed E-state index contributed by atoms with van der Waals surface area (Å²) in [6.07, 6.45) is 0. The van der Waals surface area contributed by atoms with E-state index in [1.54, 1.807) is 0 Å². The van der Waals surface area contributed by atoms with Gasteiger partial charge < -0.3 is 20.2 Å². The van der Waals surface area contributed by atoms with E-state index in [0.717, 1.165) is 0 Å². The van der Waals surface area contributed by atoms with E-state index in [1.807, 2.05) is 0 Å². The van der Waals surface area contributed by atoms with Crippen LogP contribution in [0.2, 0.25) is 0 Å². The van der Waals surface area contributed by atoms with Gasteiger partial charge in [0, 0.05) is 5.69 Å². The number of hydrogen-bond donors (Lipinski definition) is 4. The van der Waals surface area contributed by atoms with Gasteiger partial charge in [0.25, 0.3) is 0 Å². The highest BCUT2D eigenvalue weighted by molar-refractivity contribution is 7.60. The predicted octanol–water partition coefficient (Wildman–Crippen LogP) is 0.375. The second kappa shape index (κ2) is 4.65. The van der Waals surface area contributed by atoms with Gasteiger partial charge in [-0.3, -0.25) is 9.36 Å². The third kappa shape index (κ3) is 3.34. The van der Waals surface area contributed by atoms with Crippen LogP contribution in [-0.4, -0.2) is 26.9 Å². The van der Waals surface area contributed by atoms with E-state index in [9.17, 15) is 9.36 Å². The van der Waals surface area contributed by atoms with Crippen LogP contribution in [0.15, 0.2) is 24.3 Å². The van der Waals surface area contributed by atoms with E-state index in [4.69, 9.17) is 14.9 Å². The summed E-state index contributed by atoms with van der Waals surface area (Å²) in [6, 6.07) is 4.61. The maximum absolute atomic E-state index is 10.9. The lowest BCUT2D eigenvalue weighted by Gasteiger charge is -2.11. The summed E-state index contributed by atoms with van der Waals surface area (Å²) in [5.41, 5.74) is 0.493. The second-order valence-electron chi connectivity index (χ2n) is 3.30. The van der Waals surface area contributed by atoms with Gasteiger partial charge in [0.1, 0.15) is 6.04 Å². The highest BCUT2D eigenvalue weighted by Crippen LogP contribution is 2.33. The van der Waals surface area contributed by atoms with Crippen molar-refractivity contribution >= 4 is 24.6 Å². The molecule has 0 bridgehead atoms. The van der Waals surface area contributed by atoms with E-state index < -0.39 is 19.6 Å². The largest absolute Gasteiger partial charge is 0.480 e. The first-order chi connectivity index (χ1) is 7.30. The van der Waals surface area contributed by atoms with E-state index in [-0.39, 0.29) is 5.30 Å². The van der Waals surface area contributed by atoms with Crippen molar-refractivity contribution in [1.82, 2.24) is 0 Å². The summed E-state index contributed by atoms with van der Waals surface area (Å²) in [5, 5.41) is 11.2. The maximum atomic E-state index is 10.9. The first-order valence-electron chi connectivity index (χ1n) is 4.46. The molecule has 0 saturated carbocycles. The van der Waals surface area contributed by atoms with Crippen LogP contribution in [0.1, 0.15) is 6.92 Å². The highest BCUT2D eigenvalue weighted by Gasteiger charge is 2.16. The number of rotatable bonds is 4. The zero-order valence-corrected chi connectivity index (χ0v) is 9.39. The van der Waals surface area contributed by atoms with Gasteiger partial charge in [0.15, 0.2) is 0 Å². The van der Waals surface area contributed by atoms with Crippen molar-refractivity contribution in [1.29, 1.82) is 0 Å². The number of nitrogens with one attached hydrogen (secondary N) is 1. The lowest BCUT2D eigenvalue weighted by Crippen LogP contribution is -2.25. The fourth-order valence-corrected chi connectivity index (χ4v) is 1.60. The molecule has 88 valence electrons. The Morgan fingerprint density at radius 1 is 1.31 bits per heavy atom. The summed E-state index contributed by atoms with van der Waals surface area (Å²) < 4.78 is 10.9. The molecule has 0 amide bonds. The van der Waals surface area contributed by atoms with Gasteiger partial charge in [-0.05, 0) is 31.2 Å². The summed E-state index contributed by atoms with van der Waals surface area (Å²) in [7, 11) is -4.24.